The molecule has 1 aliphatic heterocycles. The molecule has 0 bridgehead atoms. The van der Waals surface area contributed by atoms with E-state index in [4.69, 9.17) is 0 Å². The molecule has 3 amide bonds. The number of carbonyl (C=O) groups is 2. The van der Waals surface area contributed by atoms with Crippen LogP contribution in [0.1, 0.15) is 15.2 Å². The molecule has 2 N–H and O–H groups in total. The van der Waals surface area contributed by atoms with Gasteiger partial charge < -0.3 is 10.6 Å². The first kappa shape index (κ1) is 15.1. The van der Waals surface area contributed by atoms with Gasteiger partial charge in [-0.1, -0.05) is 28.1 Å². The summed E-state index contributed by atoms with van der Waals surface area (Å²) in [7, 11) is 0. The molecule has 1 aromatic heterocycles. The Hall–Kier alpha value is -1.86. The topological polar surface area (TPSA) is 61.4 Å². The van der Waals surface area contributed by atoms with Crippen molar-refractivity contribution < 1.29 is 9.59 Å². The third kappa shape index (κ3) is 2.50. The highest BCUT2D eigenvalue weighted by Gasteiger charge is 2.31. The number of anilines is 3. The van der Waals surface area contributed by atoms with E-state index in [0.29, 0.717) is 34.5 Å². The zero-order valence-electron chi connectivity index (χ0n) is 11.9. The van der Waals surface area contributed by atoms with Crippen molar-refractivity contribution in [2.45, 2.75) is 6.92 Å². The lowest BCUT2D eigenvalue weighted by Gasteiger charge is -2.23. The molecule has 0 spiro atoms. The predicted octanol–water partition coefficient (Wildman–Crippen LogP) is 3.86. The summed E-state index contributed by atoms with van der Waals surface area (Å²) in [4.78, 5) is 27.6. The maximum atomic E-state index is 12.7. The van der Waals surface area contributed by atoms with Gasteiger partial charge in [-0.25, -0.2) is 4.79 Å². The minimum absolute atomic E-state index is 0.192. The number of para-hydroxylation sites is 2. The van der Waals surface area contributed by atoms with Crippen molar-refractivity contribution >= 4 is 56.3 Å². The summed E-state index contributed by atoms with van der Waals surface area (Å²) in [6.45, 7) is 2.42. The van der Waals surface area contributed by atoms with Crippen molar-refractivity contribution in [2.24, 2.45) is 0 Å². The smallest absolute Gasteiger partial charge is 0.326 e. The van der Waals surface area contributed by atoms with Gasteiger partial charge in [0.25, 0.3) is 5.91 Å². The minimum atomic E-state index is -0.244. The van der Waals surface area contributed by atoms with Gasteiger partial charge in [-0.3, -0.25) is 9.69 Å². The van der Waals surface area contributed by atoms with Gasteiger partial charge in [0, 0.05) is 22.1 Å². The number of thiophene rings is 1. The average molecular weight is 380 g/mol. The summed E-state index contributed by atoms with van der Waals surface area (Å²) in [5.74, 6) is -0.192. The van der Waals surface area contributed by atoms with Gasteiger partial charge in [0.2, 0.25) is 0 Å². The third-order valence-electron chi connectivity index (χ3n) is 3.38. The Bertz CT molecular complexity index is 744. The molecule has 5 nitrogen and oxygen atoms in total. The number of aryl methyl sites for hydroxylation is 1. The molecule has 0 saturated carbocycles. The van der Waals surface area contributed by atoms with Crippen LogP contribution in [0, 0.1) is 6.92 Å². The van der Waals surface area contributed by atoms with Crippen LogP contribution in [0.2, 0.25) is 0 Å². The lowest BCUT2D eigenvalue weighted by Crippen LogP contribution is -2.38. The van der Waals surface area contributed by atoms with E-state index in [9.17, 15) is 9.59 Å². The van der Waals surface area contributed by atoms with Gasteiger partial charge >= 0.3 is 6.03 Å². The number of benzene rings is 1. The van der Waals surface area contributed by atoms with Gasteiger partial charge in [0.15, 0.2) is 0 Å². The van der Waals surface area contributed by atoms with Gasteiger partial charge in [-0.2, -0.15) is 0 Å². The number of nitrogens with one attached hydrogen (secondary N) is 2. The summed E-state index contributed by atoms with van der Waals surface area (Å²) in [5.41, 5.74) is 2.47. The van der Waals surface area contributed by atoms with Crippen molar-refractivity contribution in [3.05, 3.63) is 40.1 Å². The SMILES string of the molecule is Cc1scc2c1N(C(=O)NCCBr)c1ccccc1NC2=O. The molecule has 0 radical (unpaired) electrons. The Morgan fingerprint density at radius 1 is 1.41 bits per heavy atom. The van der Waals surface area contributed by atoms with Crippen LogP contribution in [0.4, 0.5) is 21.9 Å². The van der Waals surface area contributed by atoms with E-state index in [0.717, 1.165) is 4.88 Å². The molecule has 0 saturated heterocycles. The third-order valence-corrected chi connectivity index (χ3v) is 4.67. The number of urea groups is 1. The first-order valence-electron chi connectivity index (χ1n) is 6.76. The highest BCUT2D eigenvalue weighted by atomic mass is 79.9. The normalized spacial score (nSPS) is 13.0. The highest BCUT2D eigenvalue weighted by Crippen LogP contribution is 2.41. The fraction of sp³-hybridized carbons (Fsp3) is 0.200. The maximum absolute atomic E-state index is 12.7. The Morgan fingerprint density at radius 3 is 2.95 bits per heavy atom. The number of hydrogen-bond acceptors (Lipinski definition) is 3. The molecule has 0 aliphatic carbocycles. The zero-order chi connectivity index (χ0) is 15.7. The van der Waals surface area contributed by atoms with Gasteiger partial charge in [-0.15, -0.1) is 11.3 Å². The van der Waals surface area contributed by atoms with E-state index >= 15 is 0 Å². The Morgan fingerprint density at radius 2 is 2.18 bits per heavy atom. The van der Waals surface area contributed by atoms with Crippen LogP contribution in [0.25, 0.3) is 0 Å². The van der Waals surface area contributed by atoms with E-state index < -0.39 is 0 Å². The second kappa shape index (κ2) is 6.10. The molecule has 1 aliphatic rings. The number of rotatable bonds is 2. The van der Waals surface area contributed by atoms with Crippen molar-refractivity contribution in [3.8, 4) is 0 Å². The van der Waals surface area contributed by atoms with Crippen LogP contribution in [-0.2, 0) is 0 Å². The molecule has 2 heterocycles. The van der Waals surface area contributed by atoms with E-state index in [1.807, 2.05) is 25.1 Å². The molecule has 114 valence electrons. The second-order valence-corrected chi connectivity index (χ2v) is 6.66. The lowest BCUT2D eigenvalue weighted by atomic mass is 10.2. The number of hydrogen-bond donors (Lipinski definition) is 2. The maximum Gasteiger partial charge on any atom is 0.326 e. The van der Waals surface area contributed by atoms with E-state index in [2.05, 4.69) is 26.6 Å². The van der Waals surface area contributed by atoms with Crippen LogP contribution in [0.5, 0.6) is 0 Å². The first-order valence-corrected chi connectivity index (χ1v) is 8.76. The molecule has 3 rings (SSSR count). The molecule has 1 aromatic carbocycles. The van der Waals surface area contributed by atoms with Crippen LogP contribution in [-0.4, -0.2) is 23.8 Å². The number of halogens is 1. The molecular formula is C15H14BrN3O2S. The number of nitrogens with zero attached hydrogens (tertiary/aromatic N) is 1. The quantitative estimate of drug-likeness (QED) is 0.778. The molecular weight excluding hydrogens is 366 g/mol. The zero-order valence-corrected chi connectivity index (χ0v) is 14.3. The monoisotopic (exact) mass is 379 g/mol. The fourth-order valence-corrected chi connectivity index (χ4v) is 3.44. The Balaban J connectivity index is 2.17. The summed E-state index contributed by atoms with van der Waals surface area (Å²) < 4.78 is 0. The number of amides is 3. The van der Waals surface area contributed by atoms with Crippen molar-refractivity contribution in [1.82, 2.24) is 5.32 Å². The van der Waals surface area contributed by atoms with Crippen molar-refractivity contribution in [1.29, 1.82) is 0 Å². The summed E-state index contributed by atoms with van der Waals surface area (Å²) in [6, 6.07) is 7.06. The lowest BCUT2D eigenvalue weighted by molar-refractivity contribution is 0.102. The van der Waals surface area contributed by atoms with Crippen molar-refractivity contribution in [3.63, 3.8) is 0 Å². The van der Waals surface area contributed by atoms with Crippen LogP contribution in [0.3, 0.4) is 0 Å². The molecule has 0 fully saturated rings. The summed E-state index contributed by atoms with van der Waals surface area (Å²) in [5, 5.41) is 8.17. The second-order valence-electron chi connectivity index (χ2n) is 4.78. The standard InChI is InChI=1S/C15H14BrN3O2S/c1-9-13-10(8-22-9)14(20)18-11-4-2-3-5-12(11)19(13)15(21)17-7-6-16/h2-5,8H,6-7H2,1H3,(H,17,21)(H,18,20). The largest absolute Gasteiger partial charge is 0.337 e. The molecule has 7 heteroatoms. The van der Waals surface area contributed by atoms with E-state index in [1.54, 1.807) is 16.3 Å². The Labute approximate surface area is 140 Å². The van der Waals surface area contributed by atoms with Gasteiger partial charge in [0.1, 0.15) is 0 Å². The summed E-state index contributed by atoms with van der Waals surface area (Å²) in [6.07, 6.45) is 0. The fourth-order valence-electron chi connectivity index (χ4n) is 2.42. The molecule has 0 atom stereocenters. The Kier molecular flexibility index (Phi) is 4.17. The number of carbonyl (C=O) groups excluding carboxylic acids is 2. The number of fused-ring (bicyclic) bond motifs is 2. The van der Waals surface area contributed by atoms with Gasteiger partial charge in [0.05, 0.1) is 22.6 Å². The summed E-state index contributed by atoms with van der Waals surface area (Å²) >= 11 is 4.76. The van der Waals surface area contributed by atoms with Crippen LogP contribution < -0.4 is 15.5 Å². The first-order chi connectivity index (χ1) is 10.6. The van der Waals surface area contributed by atoms with Crippen LogP contribution in [0.15, 0.2) is 29.6 Å². The van der Waals surface area contributed by atoms with E-state index in [1.165, 1.54) is 11.3 Å². The molecule has 0 unspecified atom stereocenters. The van der Waals surface area contributed by atoms with Crippen molar-refractivity contribution in [2.75, 3.05) is 22.1 Å². The molecule has 22 heavy (non-hydrogen) atoms. The predicted molar refractivity (Wildman–Crippen MR) is 92.8 cm³/mol. The van der Waals surface area contributed by atoms with Gasteiger partial charge in [-0.05, 0) is 19.1 Å². The highest BCUT2D eigenvalue weighted by molar-refractivity contribution is 9.09. The average Bonchev–Trinajstić information content (AvgIpc) is 2.83. The minimum Gasteiger partial charge on any atom is -0.337 e. The van der Waals surface area contributed by atoms with Crippen LogP contribution >= 0.6 is 27.3 Å². The van der Waals surface area contributed by atoms with E-state index in [-0.39, 0.29) is 11.9 Å². The molecule has 2 aromatic rings. The number of alkyl halides is 1.